The summed E-state index contributed by atoms with van der Waals surface area (Å²) in [5.74, 6) is -1.24. The topological polar surface area (TPSA) is 83.5 Å². The highest BCUT2D eigenvalue weighted by molar-refractivity contribution is 6.32. The van der Waals surface area contributed by atoms with Crippen LogP contribution in [0, 0.1) is 0 Å². The minimum atomic E-state index is -1.12. The van der Waals surface area contributed by atoms with E-state index in [0.29, 0.717) is 5.56 Å². The third kappa shape index (κ3) is 2.13. The molecule has 0 saturated heterocycles. The van der Waals surface area contributed by atoms with Gasteiger partial charge in [-0.05, 0) is 6.07 Å². The molecule has 1 rings (SSSR count). The van der Waals surface area contributed by atoms with E-state index in [9.17, 15) is 9.90 Å². The standard InChI is InChI=1S/C11H14ClNO3/c1-11(2,9(13)10(15)16)6-4-3-5-7(12)8(6)14/h3-5,9,14H,13H2,1-2H3,(H,15,16). The summed E-state index contributed by atoms with van der Waals surface area (Å²) in [4.78, 5) is 10.9. The second-order valence-corrected chi connectivity index (χ2v) is 4.58. The van der Waals surface area contributed by atoms with Crippen LogP contribution in [-0.2, 0) is 10.2 Å². The lowest BCUT2D eigenvalue weighted by molar-refractivity contribution is -0.140. The fourth-order valence-electron chi connectivity index (χ4n) is 1.51. The van der Waals surface area contributed by atoms with Crippen LogP contribution in [0.3, 0.4) is 0 Å². The van der Waals surface area contributed by atoms with Gasteiger partial charge in [0.15, 0.2) is 0 Å². The largest absolute Gasteiger partial charge is 0.506 e. The lowest BCUT2D eigenvalue weighted by Gasteiger charge is -2.30. The number of phenolic OH excluding ortho intramolecular Hbond substituents is 1. The molecule has 0 aliphatic heterocycles. The fraction of sp³-hybridized carbons (Fsp3) is 0.364. The number of rotatable bonds is 3. The highest BCUT2D eigenvalue weighted by Crippen LogP contribution is 2.37. The number of carboxylic acids is 1. The molecule has 0 aliphatic rings. The number of nitrogens with two attached hydrogens (primary N) is 1. The predicted molar refractivity (Wildman–Crippen MR) is 61.8 cm³/mol. The van der Waals surface area contributed by atoms with E-state index >= 15 is 0 Å². The Morgan fingerprint density at radius 3 is 2.56 bits per heavy atom. The van der Waals surface area contributed by atoms with Gasteiger partial charge >= 0.3 is 5.97 Å². The number of phenols is 1. The van der Waals surface area contributed by atoms with Crippen molar-refractivity contribution in [1.82, 2.24) is 0 Å². The molecule has 5 heteroatoms. The molecule has 0 spiro atoms. The van der Waals surface area contributed by atoms with Crippen molar-refractivity contribution in [3.63, 3.8) is 0 Å². The number of carbonyl (C=O) groups is 1. The fourth-order valence-corrected chi connectivity index (χ4v) is 1.69. The second kappa shape index (κ2) is 4.31. The van der Waals surface area contributed by atoms with Gasteiger partial charge in [0.2, 0.25) is 0 Å². The first-order valence-corrected chi connectivity index (χ1v) is 5.12. The molecule has 0 saturated carbocycles. The predicted octanol–water partition coefficient (Wildman–Crippen LogP) is 1.74. The monoisotopic (exact) mass is 243 g/mol. The van der Waals surface area contributed by atoms with Crippen molar-refractivity contribution in [3.8, 4) is 5.75 Å². The smallest absolute Gasteiger partial charge is 0.321 e. The minimum absolute atomic E-state index is 0.120. The molecule has 0 radical (unpaired) electrons. The number of carboxylic acid groups (broad SMARTS) is 1. The Bertz CT molecular complexity index is 418. The number of aliphatic carboxylic acids is 1. The maximum Gasteiger partial charge on any atom is 0.321 e. The number of para-hydroxylation sites is 1. The summed E-state index contributed by atoms with van der Waals surface area (Å²) in [5.41, 5.74) is 5.12. The van der Waals surface area contributed by atoms with Gasteiger partial charge in [-0.2, -0.15) is 0 Å². The van der Waals surface area contributed by atoms with Crippen LogP contribution in [0.1, 0.15) is 19.4 Å². The Morgan fingerprint density at radius 1 is 1.50 bits per heavy atom. The van der Waals surface area contributed by atoms with Crippen LogP contribution < -0.4 is 5.73 Å². The molecule has 0 amide bonds. The number of halogens is 1. The molecule has 0 aromatic heterocycles. The van der Waals surface area contributed by atoms with Crippen LogP contribution in [0.4, 0.5) is 0 Å². The summed E-state index contributed by atoms with van der Waals surface area (Å²) in [6.07, 6.45) is 0. The first-order chi connectivity index (χ1) is 7.28. The van der Waals surface area contributed by atoms with E-state index in [1.165, 1.54) is 6.07 Å². The van der Waals surface area contributed by atoms with Crippen LogP contribution >= 0.6 is 11.6 Å². The van der Waals surface area contributed by atoms with Crippen LogP contribution in [0.5, 0.6) is 5.75 Å². The molecule has 1 aromatic rings. The molecule has 0 heterocycles. The van der Waals surface area contributed by atoms with E-state index in [1.54, 1.807) is 26.0 Å². The first kappa shape index (κ1) is 12.8. The zero-order chi connectivity index (χ0) is 12.5. The van der Waals surface area contributed by atoms with Gasteiger partial charge < -0.3 is 15.9 Å². The maximum absolute atomic E-state index is 10.9. The van der Waals surface area contributed by atoms with E-state index in [1.807, 2.05) is 0 Å². The Labute approximate surface area is 98.6 Å². The summed E-state index contributed by atoms with van der Waals surface area (Å²) in [6.45, 7) is 3.30. The molecule has 88 valence electrons. The van der Waals surface area contributed by atoms with Crippen molar-refractivity contribution >= 4 is 17.6 Å². The van der Waals surface area contributed by atoms with E-state index in [2.05, 4.69) is 0 Å². The van der Waals surface area contributed by atoms with Crippen LogP contribution in [-0.4, -0.2) is 22.2 Å². The maximum atomic E-state index is 10.9. The molecule has 16 heavy (non-hydrogen) atoms. The molecule has 1 unspecified atom stereocenters. The van der Waals surface area contributed by atoms with E-state index < -0.39 is 17.4 Å². The van der Waals surface area contributed by atoms with Gasteiger partial charge in [0.1, 0.15) is 11.8 Å². The SMILES string of the molecule is CC(C)(c1cccc(Cl)c1O)C(N)C(=O)O. The van der Waals surface area contributed by atoms with Crippen molar-refractivity contribution < 1.29 is 15.0 Å². The number of benzene rings is 1. The summed E-state index contributed by atoms with van der Waals surface area (Å²) in [7, 11) is 0. The molecule has 1 aromatic carbocycles. The van der Waals surface area contributed by atoms with Crippen LogP contribution in [0.15, 0.2) is 18.2 Å². The van der Waals surface area contributed by atoms with Crippen molar-refractivity contribution in [2.75, 3.05) is 0 Å². The normalized spacial score (nSPS) is 13.5. The molecular weight excluding hydrogens is 230 g/mol. The van der Waals surface area contributed by atoms with Crippen molar-refractivity contribution in [3.05, 3.63) is 28.8 Å². The minimum Gasteiger partial charge on any atom is -0.506 e. The molecule has 0 aliphatic carbocycles. The first-order valence-electron chi connectivity index (χ1n) is 4.75. The summed E-state index contributed by atoms with van der Waals surface area (Å²) in [5, 5.41) is 18.9. The summed E-state index contributed by atoms with van der Waals surface area (Å²) in [6, 6.07) is 3.68. The molecule has 4 nitrogen and oxygen atoms in total. The third-order valence-corrected chi connectivity index (χ3v) is 3.03. The number of aromatic hydroxyl groups is 1. The second-order valence-electron chi connectivity index (χ2n) is 4.17. The van der Waals surface area contributed by atoms with E-state index in [0.717, 1.165) is 0 Å². The Hall–Kier alpha value is -1.26. The van der Waals surface area contributed by atoms with Gasteiger partial charge in [0, 0.05) is 11.0 Å². The summed E-state index contributed by atoms with van der Waals surface area (Å²) >= 11 is 5.77. The van der Waals surface area contributed by atoms with E-state index in [4.69, 9.17) is 22.4 Å². The van der Waals surface area contributed by atoms with Gasteiger partial charge in [-0.25, -0.2) is 0 Å². The summed E-state index contributed by atoms with van der Waals surface area (Å²) < 4.78 is 0. The zero-order valence-electron chi connectivity index (χ0n) is 9.07. The van der Waals surface area contributed by atoms with Gasteiger partial charge in [-0.1, -0.05) is 37.6 Å². The van der Waals surface area contributed by atoms with Gasteiger partial charge in [-0.3, -0.25) is 4.79 Å². The quantitative estimate of drug-likeness (QED) is 0.755. The highest BCUT2D eigenvalue weighted by atomic mass is 35.5. The zero-order valence-corrected chi connectivity index (χ0v) is 9.82. The Kier molecular flexibility index (Phi) is 3.45. The van der Waals surface area contributed by atoms with E-state index in [-0.39, 0.29) is 10.8 Å². The third-order valence-electron chi connectivity index (χ3n) is 2.72. The molecule has 1 atom stereocenters. The number of hydrogen-bond donors (Lipinski definition) is 3. The van der Waals surface area contributed by atoms with Crippen molar-refractivity contribution in [2.24, 2.45) is 5.73 Å². The molecule has 4 N–H and O–H groups in total. The Balaban J connectivity index is 3.26. The average molecular weight is 244 g/mol. The van der Waals surface area contributed by atoms with Crippen LogP contribution in [0.2, 0.25) is 5.02 Å². The van der Waals surface area contributed by atoms with Gasteiger partial charge in [-0.15, -0.1) is 0 Å². The Morgan fingerprint density at radius 2 is 2.06 bits per heavy atom. The molecule has 0 bridgehead atoms. The molecule has 0 fully saturated rings. The van der Waals surface area contributed by atoms with Gasteiger partial charge in [0.25, 0.3) is 0 Å². The lowest BCUT2D eigenvalue weighted by atomic mass is 9.77. The lowest BCUT2D eigenvalue weighted by Crippen LogP contribution is -2.46. The number of hydrogen-bond acceptors (Lipinski definition) is 3. The van der Waals surface area contributed by atoms with Crippen molar-refractivity contribution in [1.29, 1.82) is 0 Å². The molecular formula is C11H14ClNO3. The van der Waals surface area contributed by atoms with Gasteiger partial charge in [0.05, 0.1) is 5.02 Å². The highest BCUT2D eigenvalue weighted by Gasteiger charge is 2.36. The average Bonchev–Trinajstić information content (AvgIpc) is 2.20. The van der Waals surface area contributed by atoms with Crippen LogP contribution in [0.25, 0.3) is 0 Å². The van der Waals surface area contributed by atoms with Crippen molar-refractivity contribution in [2.45, 2.75) is 25.3 Å².